The lowest BCUT2D eigenvalue weighted by Gasteiger charge is -2.29. The molecular weight excluding hydrogens is 364 g/mol. The summed E-state index contributed by atoms with van der Waals surface area (Å²) in [5, 5.41) is 10.9. The van der Waals surface area contributed by atoms with Crippen LogP contribution in [0.5, 0.6) is 0 Å². The molecule has 2 N–H and O–H groups in total. The van der Waals surface area contributed by atoms with Crippen LogP contribution in [0, 0.1) is 5.41 Å². The van der Waals surface area contributed by atoms with Crippen LogP contribution < -0.4 is 5.32 Å². The van der Waals surface area contributed by atoms with E-state index >= 15 is 0 Å². The number of H-pyrrole nitrogens is 1. The van der Waals surface area contributed by atoms with Crippen LogP contribution in [-0.2, 0) is 26.4 Å². The van der Waals surface area contributed by atoms with Crippen LogP contribution in [0.15, 0.2) is 12.4 Å². The molecule has 1 saturated heterocycles. The number of piperidine rings is 1. The van der Waals surface area contributed by atoms with Gasteiger partial charge < -0.3 is 14.8 Å². The number of rotatable bonds is 4. The maximum absolute atomic E-state index is 13.5. The molecule has 8 heteroatoms. The summed E-state index contributed by atoms with van der Waals surface area (Å²) in [6, 6.07) is 0.308. The molecule has 0 aromatic carbocycles. The number of carbonyl (C=O) groups excluding carboxylic acids is 1. The van der Waals surface area contributed by atoms with Gasteiger partial charge in [-0.25, -0.2) is 4.98 Å². The Kier molecular flexibility index (Phi) is 4.76. The lowest BCUT2D eigenvalue weighted by molar-refractivity contribution is 0.0678. The van der Waals surface area contributed by atoms with Crippen molar-refractivity contribution in [2.75, 3.05) is 13.1 Å². The molecule has 1 unspecified atom stereocenters. The van der Waals surface area contributed by atoms with Gasteiger partial charge in [0.05, 0.1) is 6.54 Å². The van der Waals surface area contributed by atoms with Crippen molar-refractivity contribution in [1.29, 1.82) is 0 Å². The molecule has 7 nitrogen and oxygen atoms in total. The molecule has 5 rings (SSSR count). The predicted octanol–water partition coefficient (Wildman–Crippen LogP) is 1.84. The van der Waals surface area contributed by atoms with E-state index in [4.69, 9.17) is 0 Å². The molecule has 0 radical (unpaired) electrons. The summed E-state index contributed by atoms with van der Waals surface area (Å²) < 4.78 is 2.01. The topological polar surface area (TPSA) is 78.8 Å². The third-order valence-corrected chi connectivity index (χ3v) is 6.62. The Morgan fingerprint density at radius 1 is 1.37 bits per heavy atom. The standard InChI is InChI=1S/C19H26N6O.ClH/c1-24-10-9-21-16(24)12-25(15-11-19(15)5-7-20-8-6-19)18(26)17-13-3-2-4-14(13)22-23-17;/h9-10,15,20H,2-8,11-12H2,1H3,(H,22,23);1H. The molecule has 146 valence electrons. The lowest BCUT2D eigenvalue weighted by Crippen LogP contribution is -2.40. The van der Waals surface area contributed by atoms with Crippen LogP contribution in [0.3, 0.4) is 0 Å². The fraction of sp³-hybridized carbons (Fsp3) is 0.632. The van der Waals surface area contributed by atoms with Crippen molar-refractivity contribution in [2.24, 2.45) is 12.5 Å². The number of imidazole rings is 1. The highest BCUT2D eigenvalue weighted by Crippen LogP contribution is 2.56. The molecule has 1 atom stereocenters. The Morgan fingerprint density at radius 2 is 2.19 bits per heavy atom. The number of aromatic amines is 1. The number of halogens is 1. The predicted molar refractivity (Wildman–Crippen MR) is 104 cm³/mol. The van der Waals surface area contributed by atoms with E-state index in [1.54, 1.807) is 6.20 Å². The van der Waals surface area contributed by atoms with E-state index in [-0.39, 0.29) is 18.3 Å². The SMILES string of the molecule is Cl.Cn1ccnc1CN(C(=O)c1n[nH]c2c1CCC2)C1CC12CCNCC2. The number of amides is 1. The number of nitrogens with one attached hydrogen (secondary N) is 2. The van der Waals surface area contributed by atoms with E-state index in [9.17, 15) is 4.79 Å². The fourth-order valence-electron chi connectivity index (χ4n) is 4.89. The molecule has 1 amide bonds. The number of hydrogen-bond acceptors (Lipinski definition) is 4. The fourth-order valence-corrected chi connectivity index (χ4v) is 4.89. The van der Waals surface area contributed by atoms with Crippen LogP contribution in [0.4, 0.5) is 0 Å². The number of nitrogens with zero attached hydrogens (tertiary/aromatic N) is 4. The highest BCUT2D eigenvalue weighted by atomic mass is 35.5. The zero-order chi connectivity index (χ0) is 17.7. The first-order valence-electron chi connectivity index (χ1n) is 9.72. The number of hydrogen-bond donors (Lipinski definition) is 2. The Morgan fingerprint density at radius 3 is 2.93 bits per heavy atom. The molecule has 2 aliphatic carbocycles. The zero-order valence-electron chi connectivity index (χ0n) is 15.7. The number of fused-ring (bicyclic) bond motifs is 1. The largest absolute Gasteiger partial charge is 0.337 e. The van der Waals surface area contributed by atoms with Gasteiger partial charge in [-0.15, -0.1) is 12.4 Å². The van der Waals surface area contributed by atoms with Crippen molar-refractivity contribution in [2.45, 2.75) is 51.1 Å². The quantitative estimate of drug-likeness (QED) is 0.834. The van der Waals surface area contributed by atoms with Gasteiger partial charge in [0.25, 0.3) is 5.91 Å². The van der Waals surface area contributed by atoms with Crippen molar-refractivity contribution in [1.82, 2.24) is 30.0 Å². The molecule has 1 saturated carbocycles. The average Bonchev–Trinajstić information content (AvgIpc) is 3.06. The first kappa shape index (κ1) is 18.5. The minimum absolute atomic E-state index is 0. The van der Waals surface area contributed by atoms with E-state index in [0.717, 1.165) is 68.7 Å². The van der Waals surface area contributed by atoms with Crippen LogP contribution in [0.2, 0.25) is 0 Å². The molecule has 3 aliphatic rings. The molecule has 1 aliphatic heterocycles. The highest BCUT2D eigenvalue weighted by Gasteiger charge is 2.58. The minimum Gasteiger partial charge on any atom is -0.337 e. The Balaban J connectivity index is 0.00000180. The summed E-state index contributed by atoms with van der Waals surface area (Å²) in [4.78, 5) is 20.0. The van der Waals surface area contributed by atoms with E-state index < -0.39 is 0 Å². The van der Waals surface area contributed by atoms with Crippen molar-refractivity contribution < 1.29 is 4.79 Å². The molecule has 27 heavy (non-hydrogen) atoms. The van der Waals surface area contributed by atoms with Crippen LogP contribution in [0.25, 0.3) is 0 Å². The second-order valence-corrected chi connectivity index (χ2v) is 8.10. The van der Waals surface area contributed by atoms with Gasteiger partial charge in [0.15, 0.2) is 5.69 Å². The molecule has 2 aromatic heterocycles. The molecule has 2 aromatic rings. The smallest absolute Gasteiger partial charge is 0.275 e. The summed E-state index contributed by atoms with van der Waals surface area (Å²) in [6.45, 7) is 2.67. The van der Waals surface area contributed by atoms with E-state index in [1.807, 2.05) is 17.8 Å². The van der Waals surface area contributed by atoms with Gasteiger partial charge in [0.2, 0.25) is 0 Å². The summed E-state index contributed by atoms with van der Waals surface area (Å²) in [5.41, 5.74) is 3.23. The molecule has 1 spiro atoms. The summed E-state index contributed by atoms with van der Waals surface area (Å²) in [7, 11) is 1.99. The summed E-state index contributed by atoms with van der Waals surface area (Å²) >= 11 is 0. The van der Waals surface area contributed by atoms with Gasteiger partial charge >= 0.3 is 0 Å². The van der Waals surface area contributed by atoms with Gasteiger partial charge in [-0.2, -0.15) is 5.10 Å². The highest BCUT2D eigenvalue weighted by molar-refractivity contribution is 5.94. The summed E-state index contributed by atoms with van der Waals surface area (Å²) in [5.74, 6) is 1.01. The first-order chi connectivity index (χ1) is 12.7. The molecular formula is C19H27ClN6O. The molecule has 3 heterocycles. The van der Waals surface area contributed by atoms with Crippen molar-refractivity contribution >= 4 is 18.3 Å². The van der Waals surface area contributed by atoms with Crippen molar-refractivity contribution in [3.8, 4) is 0 Å². The average molecular weight is 391 g/mol. The van der Waals surface area contributed by atoms with E-state index in [0.29, 0.717) is 23.7 Å². The van der Waals surface area contributed by atoms with Gasteiger partial charge in [0, 0.05) is 36.7 Å². The zero-order valence-corrected chi connectivity index (χ0v) is 16.5. The number of aryl methyl sites for hydroxylation is 2. The minimum atomic E-state index is 0. The van der Waals surface area contributed by atoms with Crippen LogP contribution in [0.1, 0.15) is 53.3 Å². The van der Waals surface area contributed by atoms with Crippen LogP contribution >= 0.6 is 12.4 Å². The Hall–Kier alpha value is -1.86. The maximum Gasteiger partial charge on any atom is 0.275 e. The van der Waals surface area contributed by atoms with Crippen molar-refractivity contribution in [3.63, 3.8) is 0 Å². The first-order valence-corrected chi connectivity index (χ1v) is 9.72. The maximum atomic E-state index is 13.5. The number of carbonyl (C=O) groups is 1. The monoisotopic (exact) mass is 390 g/mol. The van der Waals surface area contributed by atoms with Crippen molar-refractivity contribution in [3.05, 3.63) is 35.2 Å². The number of aromatic nitrogens is 4. The molecule has 2 fully saturated rings. The lowest BCUT2D eigenvalue weighted by atomic mass is 9.93. The Labute approximate surface area is 165 Å². The van der Waals surface area contributed by atoms with Gasteiger partial charge in [-0.05, 0) is 57.0 Å². The second kappa shape index (κ2) is 6.95. The van der Waals surface area contributed by atoms with E-state index in [2.05, 4.69) is 25.4 Å². The van der Waals surface area contributed by atoms with Gasteiger partial charge in [-0.3, -0.25) is 9.89 Å². The van der Waals surface area contributed by atoms with Gasteiger partial charge in [0.1, 0.15) is 5.82 Å². The Bertz CT molecular complexity index is 837. The summed E-state index contributed by atoms with van der Waals surface area (Å²) in [6.07, 6.45) is 10.2. The second-order valence-electron chi connectivity index (χ2n) is 8.10. The van der Waals surface area contributed by atoms with Crippen LogP contribution in [-0.4, -0.2) is 49.7 Å². The van der Waals surface area contributed by atoms with Gasteiger partial charge in [-0.1, -0.05) is 0 Å². The third kappa shape index (κ3) is 3.06. The van der Waals surface area contributed by atoms with E-state index in [1.165, 1.54) is 0 Å². The molecule has 0 bridgehead atoms. The third-order valence-electron chi connectivity index (χ3n) is 6.62. The normalized spacial score (nSPS) is 22.3.